The van der Waals surface area contributed by atoms with Crippen LogP contribution in [0.25, 0.3) is 0 Å². The highest BCUT2D eigenvalue weighted by Gasteiger charge is 2.07. The summed E-state index contributed by atoms with van der Waals surface area (Å²) in [5.41, 5.74) is 1.22. The van der Waals surface area contributed by atoms with E-state index >= 15 is 0 Å². The number of aromatic nitrogens is 2. The highest BCUT2D eigenvalue weighted by Crippen LogP contribution is 2.07. The minimum Gasteiger partial charge on any atom is -0.365 e. The first-order valence-electron chi connectivity index (χ1n) is 7.78. The Morgan fingerprint density at radius 2 is 1.92 bits per heavy atom. The second-order valence-electron chi connectivity index (χ2n) is 5.68. The van der Waals surface area contributed by atoms with Crippen molar-refractivity contribution < 1.29 is 9.18 Å². The quantitative estimate of drug-likeness (QED) is 0.723. The number of benzene rings is 1. The van der Waals surface area contributed by atoms with Crippen molar-refractivity contribution in [1.82, 2.24) is 20.2 Å². The van der Waals surface area contributed by atoms with Crippen molar-refractivity contribution in [2.75, 3.05) is 32.5 Å². The number of anilines is 1. The number of amides is 1. The van der Waals surface area contributed by atoms with Gasteiger partial charge in [-0.15, -0.1) is 0 Å². The Kier molecular flexibility index (Phi) is 6.62. The third kappa shape index (κ3) is 5.92. The molecule has 0 aliphatic carbocycles. The molecule has 0 radical (unpaired) electrons. The minimum atomic E-state index is -0.264. The first kappa shape index (κ1) is 17.8. The van der Waals surface area contributed by atoms with Gasteiger partial charge in [0.05, 0.1) is 12.4 Å². The summed E-state index contributed by atoms with van der Waals surface area (Å²) >= 11 is 0. The van der Waals surface area contributed by atoms with Crippen LogP contribution in [0.3, 0.4) is 0 Å². The largest absolute Gasteiger partial charge is 0.365 e. The fourth-order valence-electron chi connectivity index (χ4n) is 2.02. The molecular formula is C17H22FN5O. The van der Waals surface area contributed by atoms with Crippen molar-refractivity contribution in [3.63, 3.8) is 0 Å². The third-order valence-electron chi connectivity index (χ3n) is 3.34. The van der Waals surface area contributed by atoms with E-state index in [-0.39, 0.29) is 17.4 Å². The summed E-state index contributed by atoms with van der Waals surface area (Å²) < 4.78 is 12.8. The highest BCUT2D eigenvalue weighted by molar-refractivity contribution is 5.91. The normalized spacial score (nSPS) is 10.7. The van der Waals surface area contributed by atoms with Gasteiger partial charge in [-0.25, -0.2) is 14.4 Å². The predicted octanol–water partition coefficient (Wildman–Crippen LogP) is 1.91. The second kappa shape index (κ2) is 8.93. The highest BCUT2D eigenvalue weighted by atomic mass is 19.1. The van der Waals surface area contributed by atoms with E-state index in [1.165, 1.54) is 24.5 Å². The number of halogens is 1. The average Bonchev–Trinajstić information content (AvgIpc) is 2.58. The zero-order valence-electron chi connectivity index (χ0n) is 13.9. The van der Waals surface area contributed by atoms with E-state index in [9.17, 15) is 9.18 Å². The van der Waals surface area contributed by atoms with Crippen molar-refractivity contribution >= 4 is 11.7 Å². The van der Waals surface area contributed by atoms with Gasteiger partial charge in [0.25, 0.3) is 5.91 Å². The third-order valence-corrected chi connectivity index (χ3v) is 3.34. The van der Waals surface area contributed by atoms with Gasteiger partial charge in [-0.3, -0.25) is 4.79 Å². The molecule has 0 saturated heterocycles. The van der Waals surface area contributed by atoms with Crippen LogP contribution in [0.5, 0.6) is 0 Å². The molecule has 0 atom stereocenters. The van der Waals surface area contributed by atoms with E-state index in [2.05, 4.69) is 25.5 Å². The molecule has 2 aromatic rings. The standard InChI is InChI=1S/C17H22FN5O/c1-23(2)9-3-8-19-17(24)15-11-22-16(12-20-15)21-10-13-4-6-14(18)7-5-13/h4-7,11-12H,3,8-10H2,1-2H3,(H,19,24)(H,21,22). The topological polar surface area (TPSA) is 70.2 Å². The molecule has 2 rings (SSSR count). The Labute approximate surface area is 141 Å². The Morgan fingerprint density at radius 3 is 2.54 bits per heavy atom. The van der Waals surface area contributed by atoms with Crippen LogP contribution in [0.1, 0.15) is 22.5 Å². The van der Waals surface area contributed by atoms with Crippen molar-refractivity contribution in [1.29, 1.82) is 0 Å². The Bertz CT molecular complexity index is 643. The summed E-state index contributed by atoms with van der Waals surface area (Å²) in [7, 11) is 3.98. The van der Waals surface area contributed by atoms with E-state index in [0.717, 1.165) is 18.5 Å². The summed E-state index contributed by atoms with van der Waals surface area (Å²) in [5.74, 6) is 0.0642. The Morgan fingerprint density at radius 1 is 1.17 bits per heavy atom. The molecule has 24 heavy (non-hydrogen) atoms. The molecule has 0 spiro atoms. The van der Waals surface area contributed by atoms with E-state index < -0.39 is 0 Å². The molecule has 0 saturated carbocycles. The summed E-state index contributed by atoms with van der Waals surface area (Å²) in [6.07, 6.45) is 3.83. The van der Waals surface area contributed by atoms with E-state index in [4.69, 9.17) is 0 Å². The number of hydrogen-bond acceptors (Lipinski definition) is 5. The molecule has 0 unspecified atom stereocenters. The fraction of sp³-hybridized carbons (Fsp3) is 0.353. The van der Waals surface area contributed by atoms with Gasteiger partial charge in [0.2, 0.25) is 0 Å². The van der Waals surface area contributed by atoms with Gasteiger partial charge >= 0.3 is 0 Å². The van der Waals surface area contributed by atoms with Crippen molar-refractivity contribution in [3.05, 3.63) is 53.7 Å². The maximum atomic E-state index is 12.8. The predicted molar refractivity (Wildman–Crippen MR) is 91.3 cm³/mol. The summed E-state index contributed by atoms with van der Waals surface area (Å²) in [6.45, 7) is 2.02. The van der Waals surface area contributed by atoms with Gasteiger partial charge in [-0.2, -0.15) is 0 Å². The molecule has 128 valence electrons. The number of carbonyl (C=O) groups excluding carboxylic acids is 1. The fourth-order valence-corrected chi connectivity index (χ4v) is 2.02. The summed E-state index contributed by atoms with van der Waals surface area (Å²) in [4.78, 5) is 22.3. The van der Waals surface area contributed by atoms with Crippen LogP contribution in [0.15, 0.2) is 36.7 Å². The van der Waals surface area contributed by atoms with Gasteiger partial charge < -0.3 is 15.5 Å². The average molecular weight is 331 g/mol. The van der Waals surface area contributed by atoms with Crippen LogP contribution in [-0.2, 0) is 6.54 Å². The maximum Gasteiger partial charge on any atom is 0.271 e. The minimum absolute atomic E-state index is 0.230. The first-order chi connectivity index (χ1) is 11.5. The maximum absolute atomic E-state index is 12.8. The first-order valence-corrected chi connectivity index (χ1v) is 7.78. The van der Waals surface area contributed by atoms with Gasteiger partial charge in [-0.1, -0.05) is 12.1 Å². The van der Waals surface area contributed by atoms with Crippen LogP contribution >= 0.6 is 0 Å². The van der Waals surface area contributed by atoms with E-state index in [0.29, 0.717) is 18.9 Å². The smallest absolute Gasteiger partial charge is 0.271 e. The molecule has 1 amide bonds. The van der Waals surface area contributed by atoms with E-state index in [1.54, 1.807) is 12.1 Å². The second-order valence-corrected chi connectivity index (χ2v) is 5.68. The molecule has 6 nitrogen and oxygen atoms in total. The molecule has 0 fully saturated rings. The lowest BCUT2D eigenvalue weighted by Gasteiger charge is -2.10. The lowest BCUT2D eigenvalue weighted by atomic mass is 10.2. The monoisotopic (exact) mass is 331 g/mol. The zero-order valence-corrected chi connectivity index (χ0v) is 13.9. The molecular weight excluding hydrogens is 309 g/mol. The number of nitrogens with one attached hydrogen (secondary N) is 2. The number of carbonyl (C=O) groups is 1. The number of nitrogens with zero attached hydrogens (tertiary/aromatic N) is 3. The molecule has 0 aliphatic heterocycles. The Hall–Kier alpha value is -2.54. The summed E-state index contributed by atoms with van der Waals surface area (Å²) in [6, 6.07) is 6.22. The van der Waals surface area contributed by atoms with Crippen LogP contribution in [0.4, 0.5) is 10.2 Å². The number of hydrogen-bond donors (Lipinski definition) is 2. The molecule has 0 bridgehead atoms. The van der Waals surface area contributed by atoms with Crippen LogP contribution in [0, 0.1) is 5.82 Å². The van der Waals surface area contributed by atoms with Crippen LogP contribution in [-0.4, -0.2) is 48.0 Å². The lowest BCUT2D eigenvalue weighted by molar-refractivity contribution is 0.0947. The molecule has 0 aliphatic rings. The van der Waals surface area contributed by atoms with Gasteiger partial charge in [0, 0.05) is 13.1 Å². The van der Waals surface area contributed by atoms with Crippen LogP contribution in [0.2, 0.25) is 0 Å². The van der Waals surface area contributed by atoms with Gasteiger partial charge in [0.1, 0.15) is 17.3 Å². The lowest BCUT2D eigenvalue weighted by Crippen LogP contribution is -2.27. The van der Waals surface area contributed by atoms with Crippen molar-refractivity contribution in [2.45, 2.75) is 13.0 Å². The molecule has 1 heterocycles. The zero-order chi connectivity index (χ0) is 17.4. The van der Waals surface area contributed by atoms with Gasteiger partial charge in [0.15, 0.2) is 0 Å². The Balaban J connectivity index is 1.79. The molecule has 2 N–H and O–H groups in total. The molecule has 7 heteroatoms. The van der Waals surface area contributed by atoms with E-state index in [1.807, 2.05) is 14.1 Å². The summed E-state index contributed by atoms with van der Waals surface area (Å²) in [5, 5.41) is 5.89. The van der Waals surface area contributed by atoms with Crippen molar-refractivity contribution in [3.8, 4) is 0 Å². The molecule has 1 aromatic carbocycles. The van der Waals surface area contributed by atoms with Crippen molar-refractivity contribution in [2.24, 2.45) is 0 Å². The van der Waals surface area contributed by atoms with Crippen LogP contribution < -0.4 is 10.6 Å². The number of rotatable bonds is 8. The molecule has 1 aromatic heterocycles. The van der Waals surface area contributed by atoms with Gasteiger partial charge in [-0.05, 0) is 44.8 Å². The SMILES string of the molecule is CN(C)CCCNC(=O)c1cnc(NCc2ccc(F)cc2)cn1.